The Morgan fingerprint density at radius 3 is 2.26 bits per heavy atom. The molecule has 4 nitrogen and oxygen atoms in total. The first kappa shape index (κ1) is 16.3. The fourth-order valence-electron chi connectivity index (χ4n) is 4.16. The molecule has 2 aliphatic rings. The lowest BCUT2D eigenvalue weighted by molar-refractivity contribution is 0.0326. The maximum Gasteiger partial charge on any atom is 0.251 e. The molecule has 1 saturated carbocycles. The lowest BCUT2D eigenvalue weighted by Gasteiger charge is -2.48. The van der Waals surface area contributed by atoms with Crippen LogP contribution in [0.3, 0.4) is 0 Å². The van der Waals surface area contributed by atoms with Crippen LogP contribution in [0.4, 0.5) is 5.69 Å². The summed E-state index contributed by atoms with van der Waals surface area (Å²) in [7, 11) is 0. The summed E-state index contributed by atoms with van der Waals surface area (Å²) in [4.78, 5) is 15.1. The van der Waals surface area contributed by atoms with E-state index in [0.717, 1.165) is 6.54 Å². The van der Waals surface area contributed by atoms with E-state index in [-0.39, 0.29) is 11.4 Å². The van der Waals surface area contributed by atoms with Gasteiger partial charge in [0.2, 0.25) is 0 Å². The van der Waals surface area contributed by atoms with Gasteiger partial charge in [-0.05, 0) is 63.0 Å². The largest absolute Gasteiger partial charge is 0.399 e. The second kappa shape index (κ2) is 7.35. The third-order valence-corrected chi connectivity index (χ3v) is 5.56. The lowest BCUT2D eigenvalue weighted by atomic mass is 9.79. The molecule has 3 N–H and O–H groups in total. The van der Waals surface area contributed by atoms with Crippen molar-refractivity contribution in [1.82, 2.24) is 10.2 Å². The number of likely N-dealkylation sites (tertiary alicyclic amines) is 1. The highest BCUT2D eigenvalue weighted by molar-refractivity contribution is 5.94. The third-order valence-electron chi connectivity index (χ3n) is 5.56. The molecule has 0 unspecified atom stereocenters. The molecule has 0 bridgehead atoms. The molecule has 0 spiro atoms. The van der Waals surface area contributed by atoms with Gasteiger partial charge in [-0.3, -0.25) is 9.69 Å². The molecule has 1 saturated heterocycles. The molecule has 2 fully saturated rings. The van der Waals surface area contributed by atoms with Gasteiger partial charge in [-0.15, -0.1) is 0 Å². The molecule has 1 amide bonds. The number of nitrogens with zero attached hydrogens (tertiary/aromatic N) is 1. The zero-order chi connectivity index (χ0) is 16.1. The molecule has 23 heavy (non-hydrogen) atoms. The van der Waals surface area contributed by atoms with Crippen molar-refractivity contribution in [3.63, 3.8) is 0 Å². The van der Waals surface area contributed by atoms with Crippen LogP contribution in [-0.2, 0) is 0 Å². The van der Waals surface area contributed by atoms with E-state index in [4.69, 9.17) is 5.73 Å². The Bertz CT molecular complexity index is 514. The number of nitrogen functional groups attached to an aromatic ring is 1. The highest BCUT2D eigenvalue weighted by Gasteiger charge is 2.38. The number of benzene rings is 1. The van der Waals surface area contributed by atoms with Crippen LogP contribution in [0.25, 0.3) is 0 Å². The monoisotopic (exact) mass is 315 g/mol. The summed E-state index contributed by atoms with van der Waals surface area (Å²) < 4.78 is 0. The average Bonchev–Trinajstić information content (AvgIpc) is 2.62. The van der Waals surface area contributed by atoms with Crippen molar-refractivity contribution in [2.24, 2.45) is 0 Å². The number of nitrogens with two attached hydrogens (primary N) is 1. The second-order valence-electron chi connectivity index (χ2n) is 7.14. The van der Waals surface area contributed by atoms with Gasteiger partial charge in [0.1, 0.15) is 0 Å². The van der Waals surface area contributed by atoms with E-state index < -0.39 is 0 Å². The molecule has 1 aromatic rings. The summed E-state index contributed by atoms with van der Waals surface area (Å²) in [5.74, 6) is 0.0203. The van der Waals surface area contributed by atoms with Gasteiger partial charge in [0.05, 0.1) is 0 Å². The Labute approximate surface area is 139 Å². The van der Waals surface area contributed by atoms with Gasteiger partial charge < -0.3 is 11.1 Å². The normalized spacial score (nSPS) is 21.7. The van der Waals surface area contributed by atoms with Crippen LogP contribution in [0.15, 0.2) is 24.3 Å². The fraction of sp³-hybridized carbons (Fsp3) is 0.632. The Morgan fingerprint density at radius 2 is 1.61 bits per heavy atom. The van der Waals surface area contributed by atoms with Gasteiger partial charge in [-0.2, -0.15) is 0 Å². The van der Waals surface area contributed by atoms with E-state index in [0.29, 0.717) is 11.3 Å². The Balaban J connectivity index is 1.66. The molecule has 0 radical (unpaired) electrons. The number of rotatable bonds is 4. The Morgan fingerprint density at radius 1 is 1.00 bits per heavy atom. The van der Waals surface area contributed by atoms with E-state index in [2.05, 4.69) is 10.2 Å². The van der Waals surface area contributed by atoms with Crippen LogP contribution in [0.5, 0.6) is 0 Å². The Hall–Kier alpha value is -1.55. The van der Waals surface area contributed by atoms with E-state index in [1.54, 1.807) is 24.3 Å². The number of amides is 1. The van der Waals surface area contributed by atoms with Crippen LogP contribution in [0.1, 0.15) is 61.7 Å². The van der Waals surface area contributed by atoms with E-state index in [1.807, 2.05) is 0 Å². The number of carbonyl (C=O) groups excluding carboxylic acids is 1. The average molecular weight is 315 g/mol. The van der Waals surface area contributed by atoms with Gasteiger partial charge >= 0.3 is 0 Å². The zero-order valence-electron chi connectivity index (χ0n) is 14.0. The van der Waals surface area contributed by atoms with Crippen LogP contribution in [-0.4, -0.2) is 36.0 Å². The summed E-state index contributed by atoms with van der Waals surface area (Å²) in [6, 6.07) is 7.18. The third kappa shape index (κ3) is 3.86. The molecule has 4 heteroatoms. The van der Waals surface area contributed by atoms with Crippen LogP contribution in [0.2, 0.25) is 0 Å². The zero-order valence-corrected chi connectivity index (χ0v) is 14.0. The number of carbonyl (C=O) groups is 1. The molecule has 126 valence electrons. The number of nitrogens with one attached hydrogen (secondary N) is 1. The van der Waals surface area contributed by atoms with E-state index >= 15 is 0 Å². The highest BCUT2D eigenvalue weighted by atomic mass is 16.1. The molecule has 1 aromatic carbocycles. The first-order valence-corrected chi connectivity index (χ1v) is 9.08. The van der Waals surface area contributed by atoms with Crippen molar-refractivity contribution in [2.75, 3.05) is 25.4 Å². The summed E-state index contributed by atoms with van der Waals surface area (Å²) in [5, 5.41) is 3.20. The van der Waals surface area contributed by atoms with Crippen molar-refractivity contribution in [1.29, 1.82) is 0 Å². The smallest absolute Gasteiger partial charge is 0.251 e. The number of hydrogen-bond acceptors (Lipinski definition) is 3. The second-order valence-corrected chi connectivity index (χ2v) is 7.14. The van der Waals surface area contributed by atoms with Gasteiger partial charge in [0.25, 0.3) is 5.91 Å². The summed E-state index contributed by atoms with van der Waals surface area (Å²) in [6.07, 6.45) is 10.3. The summed E-state index contributed by atoms with van der Waals surface area (Å²) >= 11 is 0. The maximum atomic E-state index is 12.5. The van der Waals surface area contributed by atoms with Crippen LogP contribution < -0.4 is 11.1 Å². The summed E-state index contributed by atoms with van der Waals surface area (Å²) in [6.45, 7) is 3.16. The van der Waals surface area contributed by atoms with Crippen molar-refractivity contribution < 1.29 is 4.79 Å². The predicted octanol–water partition coefficient (Wildman–Crippen LogP) is 3.19. The first-order chi connectivity index (χ1) is 11.2. The molecule has 3 rings (SSSR count). The highest BCUT2D eigenvalue weighted by Crippen LogP contribution is 2.35. The van der Waals surface area contributed by atoms with E-state index in [1.165, 1.54) is 64.5 Å². The van der Waals surface area contributed by atoms with Crippen LogP contribution >= 0.6 is 0 Å². The van der Waals surface area contributed by atoms with E-state index in [9.17, 15) is 4.79 Å². The number of hydrogen-bond donors (Lipinski definition) is 2. The van der Waals surface area contributed by atoms with Gasteiger partial charge in [0.15, 0.2) is 0 Å². The van der Waals surface area contributed by atoms with Crippen molar-refractivity contribution >= 4 is 11.6 Å². The standard InChI is InChI=1S/C19H29N3O/c20-17-9-7-16(8-10-17)18(23)21-15-19(11-3-1-4-12-19)22-13-5-2-6-14-22/h7-10H,1-6,11-15,20H2,(H,21,23). The molecule has 0 atom stereocenters. The van der Waals surface area contributed by atoms with Gasteiger partial charge in [-0.1, -0.05) is 25.7 Å². The van der Waals surface area contributed by atoms with Crippen molar-refractivity contribution in [3.05, 3.63) is 29.8 Å². The van der Waals surface area contributed by atoms with Gasteiger partial charge in [-0.25, -0.2) is 0 Å². The number of piperidine rings is 1. The number of anilines is 1. The first-order valence-electron chi connectivity index (χ1n) is 9.08. The lowest BCUT2D eigenvalue weighted by Crippen LogP contribution is -2.58. The maximum absolute atomic E-state index is 12.5. The minimum atomic E-state index is 0.0203. The molecular formula is C19H29N3O. The van der Waals surface area contributed by atoms with Crippen molar-refractivity contribution in [3.8, 4) is 0 Å². The topological polar surface area (TPSA) is 58.4 Å². The molecular weight excluding hydrogens is 286 g/mol. The molecule has 1 heterocycles. The molecule has 1 aliphatic heterocycles. The SMILES string of the molecule is Nc1ccc(C(=O)NCC2(N3CCCCC3)CCCCC2)cc1. The van der Waals surface area contributed by atoms with Gasteiger partial charge in [0, 0.05) is 23.3 Å². The van der Waals surface area contributed by atoms with Crippen molar-refractivity contribution in [2.45, 2.75) is 56.9 Å². The fourth-order valence-corrected chi connectivity index (χ4v) is 4.16. The molecule has 1 aliphatic carbocycles. The quantitative estimate of drug-likeness (QED) is 0.839. The predicted molar refractivity (Wildman–Crippen MR) is 94.4 cm³/mol. The minimum Gasteiger partial charge on any atom is -0.399 e. The minimum absolute atomic E-state index is 0.0203. The summed E-state index contributed by atoms with van der Waals surface area (Å²) in [5.41, 5.74) is 7.27. The molecule has 0 aromatic heterocycles. The Kier molecular flexibility index (Phi) is 5.21. The van der Waals surface area contributed by atoms with Crippen LogP contribution in [0, 0.1) is 0 Å².